The van der Waals surface area contributed by atoms with Crippen LogP contribution in [0.15, 0.2) is 0 Å². The van der Waals surface area contributed by atoms with Crippen molar-refractivity contribution in [2.24, 2.45) is 0 Å². The van der Waals surface area contributed by atoms with E-state index in [-0.39, 0.29) is 0 Å². The van der Waals surface area contributed by atoms with Gasteiger partial charge in [-0.25, -0.2) is 18.0 Å². The predicted molar refractivity (Wildman–Crippen MR) is 40.2 cm³/mol. The summed E-state index contributed by atoms with van der Waals surface area (Å²) in [5.74, 6) is -7.78. The Morgan fingerprint density at radius 2 is 2.06 bits per heavy atom. The molecular weight excluding hydrogens is 239 g/mol. The summed E-state index contributed by atoms with van der Waals surface area (Å²) in [5.41, 5.74) is -2.08. The van der Waals surface area contributed by atoms with Gasteiger partial charge in [0.15, 0.2) is 5.82 Å². The van der Waals surface area contributed by atoms with Crippen LogP contribution in [-0.2, 0) is 6.42 Å². The Morgan fingerprint density at radius 1 is 1.50 bits per heavy atom. The van der Waals surface area contributed by atoms with Gasteiger partial charge in [-0.3, -0.25) is 5.10 Å². The molecule has 0 spiro atoms. The lowest BCUT2D eigenvalue weighted by Gasteiger charge is -2.13. The van der Waals surface area contributed by atoms with Gasteiger partial charge in [-0.2, -0.15) is 13.9 Å². The van der Waals surface area contributed by atoms with Crippen molar-refractivity contribution in [2.75, 3.05) is 0 Å². The molecule has 0 radical (unpaired) electrons. The van der Waals surface area contributed by atoms with Crippen LogP contribution in [0, 0.1) is 5.82 Å². The minimum absolute atomic E-state index is 0.970. The van der Waals surface area contributed by atoms with Gasteiger partial charge in [0.25, 0.3) is 0 Å². The number of H-pyrrole nitrogens is 1. The van der Waals surface area contributed by atoms with E-state index >= 15 is 0 Å². The van der Waals surface area contributed by atoms with Crippen LogP contribution in [0.5, 0.6) is 0 Å². The van der Waals surface area contributed by atoms with Crippen molar-refractivity contribution in [3.63, 3.8) is 0 Å². The molecule has 2 N–H and O–H groups in total. The Hall–Kier alpha value is -1.67. The number of alkyl halides is 4. The zero-order chi connectivity index (χ0) is 12.5. The van der Waals surface area contributed by atoms with E-state index in [9.17, 15) is 26.7 Å². The Morgan fingerprint density at radius 3 is 2.44 bits per heavy atom. The van der Waals surface area contributed by atoms with Crippen molar-refractivity contribution in [3.8, 4) is 0 Å². The van der Waals surface area contributed by atoms with E-state index in [2.05, 4.69) is 5.10 Å². The third-order valence-corrected chi connectivity index (χ3v) is 1.71. The minimum Gasteiger partial charge on any atom is -0.476 e. The largest absolute Gasteiger partial charge is 0.476 e. The number of aromatic carboxylic acids is 1. The minimum atomic E-state index is -4.44. The summed E-state index contributed by atoms with van der Waals surface area (Å²) in [5, 5.41) is 12.9. The van der Waals surface area contributed by atoms with Crippen molar-refractivity contribution in [1.82, 2.24) is 10.2 Å². The topological polar surface area (TPSA) is 66.0 Å². The summed E-state index contributed by atoms with van der Waals surface area (Å²) in [6, 6.07) is 0. The van der Waals surface area contributed by atoms with Gasteiger partial charge < -0.3 is 5.11 Å². The second-order valence-electron chi connectivity index (χ2n) is 2.91. The predicted octanol–water partition coefficient (Wildman–Crippen LogP) is 1.69. The molecule has 0 aliphatic carbocycles. The Kier molecular flexibility index (Phi) is 3.15. The molecule has 0 aliphatic rings. The number of nitrogens with one attached hydrogen (secondary N) is 1. The molecule has 0 unspecified atom stereocenters. The molecule has 0 aromatic carbocycles. The molecule has 9 heteroatoms. The van der Waals surface area contributed by atoms with E-state index in [1.807, 2.05) is 0 Å². The summed E-state index contributed by atoms with van der Waals surface area (Å²) in [6.45, 7) is 0. The Bertz CT molecular complexity index is 403. The molecule has 0 saturated carbocycles. The van der Waals surface area contributed by atoms with Crippen LogP contribution in [0.25, 0.3) is 0 Å². The van der Waals surface area contributed by atoms with Crippen molar-refractivity contribution in [2.45, 2.75) is 18.8 Å². The fourth-order valence-electron chi connectivity index (χ4n) is 0.936. The van der Waals surface area contributed by atoms with Crippen LogP contribution in [0.3, 0.4) is 0 Å². The van der Waals surface area contributed by atoms with Crippen molar-refractivity contribution in [1.29, 1.82) is 0 Å². The average molecular weight is 244 g/mol. The fourth-order valence-corrected chi connectivity index (χ4v) is 0.936. The van der Waals surface area contributed by atoms with E-state index < -0.39 is 41.9 Å². The zero-order valence-corrected chi connectivity index (χ0v) is 7.48. The van der Waals surface area contributed by atoms with Crippen LogP contribution in [0.4, 0.5) is 22.0 Å². The van der Waals surface area contributed by atoms with E-state index in [0.717, 1.165) is 0 Å². The third kappa shape index (κ3) is 2.28. The van der Waals surface area contributed by atoms with Gasteiger partial charge in [-0.05, 0) is 0 Å². The van der Waals surface area contributed by atoms with Gasteiger partial charge in [0.05, 0.1) is 12.1 Å². The first-order valence-electron chi connectivity index (χ1n) is 3.87. The monoisotopic (exact) mass is 244 g/mol. The maximum absolute atomic E-state index is 13.0. The molecule has 1 aromatic heterocycles. The highest BCUT2D eigenvalue weighted by atomic mass is 19.3. The van der Waals surface area contributed by atoms with Crippen molar-refractivity contribution < 1.29 is 31.9 Å². The maximum atomic E-state index is 13.0. The summed E-state index contributed by atoms with van der Waals surface area (Å²) in [7, 11) is 0. The van der Waals surface area contributed by atoms with Gasteiger partial charge in [0.2, 0.25) is 5.69 Å². The lowest BCUT2D eigenvalue weighted by atomic mass is 10.1. The molecule has 0 atom stereocenters. The lowest BCUT2D eigenvalue weighted by Crippen LogP contribution is -2.29. The first-order chi connectivity index (χ1) is 7.25. The molecule has 0 aliphatic heterocycles. The number of rotatable bonds is 4. The molecular formula is C7H5F5N2O2. The van der Waals surface area contributed by atoms with Crippen molar-refractivity contribution in [3.05, 3.63) is 17.2 Å². The maximum Gasteiger partial charge on any atom is 0.359 e. The summed E-state index contributed by atoms with van der Waals surface area (Å²) >= 11 is 0. The van der Waals surface area contributed by atoms with Gasteiger partial charge in [0, 0.05) is 0 Å². The number of aromatic nitrogens is 2. The van der Waals surface area contributed by atoms with E-state index in [1.54, 1.807) is 5.10 Å². The SMILES string of the molecule is O=C(O)c1n[nH]c(CC(F)(F)C(F)F)c1F. The molecule has 16 heavy (non-hydrogen) atoms. The lowest BCUT2D eigenvalue weighted by molar-refractivity contribution is -0.128. The first kappa shape index (κ1) is 12.4. The molecule has 1 aromatic rings. The first-order valence-corrected chi connectivity index (χ1v) is 3.87. The van der Waals surface area contributed by atoms with Gasteiger partial charge in [-0.15, -0.1) is 0 Å². The van der Waals surface area contributed by atoms with E-state index in [0.29, 0.717) is 0 Å². The summed E-state index contributed by atoms with van der Waals surface area (Å²) < 4.78 is 61.6. The van der Waals surface area contributed by atoms with Crippen LogP contribution in [0.1, 0.15) is 16.2 Å². The molecule has 0 fully saturated rings. The van der Waals surface area contributed by atoms with E-state index in [4.69, 9.17) is 5.11 Å². The van der Waals surface area contributed by atoms with Crippen LogP contribution >= 0.6 is 0 Å². The number of carboxylic acids is 1. The molecule has 0 bridgehead atoms. The van der Waals surface area contributed by atoms with Crippen LogP contribution in [-0.4, -0.2) is 33.6 Å². The third-order valence-electron chi connectivity index (χ3n) is 1.71. The van der Waals surface area contributed by atoms with Gasteiger partial charge >= 0.3 is 18.3 Å². The molecule has 4 nitrogen and oxygen atoms in total. The molecule has 0 amide bonds. The van der Waals surface area contributed by atoms with E-state index in [1.165, 1.54) is 0 Å². The summed E-state index contributed by atoms with van der Waals surface area (Å²) in [4.78, 5) is 10.3. The molecule has 1 heterocycles. The summed E-state index contributed by atoms with van der Waals surface area (Å²) in [6.07, 6.45) is -5.61. The van der Waals surface area contributed by atoms with Crippen LogP contribution in [0.2, 0.25) is 0 Å². The fraction of sp³-hybridized carbons (Fsp3) is 0.429. The second-order valence-corrected chi connectivity index (χ2v) is 2.91. The number of hydrogen-bond donors (Lipinski definition) is 2. The number of carboxylic acid groups (broad SMARTS) is 1. The van der Waals surface area contributed by atoms with Crippen molar-refractivity contribution >= 4 is 5.97 Å². The molecule has 1 rings (SSSR count). The molecule has 90 valence electrons. The number of hydrogen-bond acceptors (Lipinski definition) is 2. The number of nitrogens with zero attached hydrogens (tertiary/aromatic N) is 1. The second kappa shape index (κ2) is 4.06. The van der Waals surface area contributed by atoms with Gasteiger partial charge in [0.1, 0.15) is 0 Å². The highest BCUT2D eigenvalue weighted by molar-refractivity contribution is 5.85. The zero-order valence-electron chi connectivity index (χ0n) is 7.48. The Balaban J connectivity index is 2.95. The number of carbonyl (C=O) groups is 1. The smallest absolute Gasteiger partial charge is 0.359 e. The van der Waals surface area contributed by atoms with Crippen LogP contribution < -0.4 is 0 Å². The number of halogens is 5. The normalized spacial score (nSPS) is 12.1. The average Bonchev–Trinajstić information content (AvgIpc) is 2.47. The standard InChI is InChI=1S/C7H5F5N2O2/c8-3-2(1-7(11,12)6(9)10)13-14-4(3)5(15)16/h6H,1H2,(H,13,14)(H,15,16). The highest BCUT2D eigenvalue weighted by Gasteiger charge is 2.42. The quantitative estimate of drug-likeness (QED) is 0.792. The molecule has 0 saturated heterocycles. The Labute approximate surface area is 85.1 Å². The number of aromatic amines is 1. The van der Waals surface area contributed by atoms with Gasteiger partial charge in [-0.1, -0.05) is 0 Å². The highest BCUT2D eigenvalue weighted by Crippen LogP contribution is 2.27.